The van der Waals surface area contributed by atoms with E-state index in [2.05, 4.69) is 41.2 Å². The first-order valence-corrected chi connectivity index (χ1v) is 7.23. The molecule has 0 spiro atoms. The van der Waals surface area contributed by atoms with E-state index in [-0.39, 0.29) is 0 Å². The van der Waals surface area contributed by atoms with E-state index in [1.54, 1.807) is 0 Å². The Bertz CT molecular complexity index is 352. The van der Waals surface area contributed by atoms with Crippen molar-refractivity contribution in [2.45, 2.75) is 53.0 Å². The summed E-state index contributed by atoms with van der Waals surface area (Å²) < 4.78 is 1.96. The lowest BCUT2D eigenvalue weighted by atomic mass is 9.87. The molecule has 0 aliphatic carbocycles. The molecule has 5 nitrogen and oxygen atoms in total. The van der Waals surface area contributed by atoms with E-state index in [9.17, 15) is 0 Å². The van der Waals surface area contributed by atoms with Crippen LogP contribution in [0.5, 0.6) is 0 Å². The minimum Gasteiger partial charge on any atom is -0.340 e. The molecule has 1 aromatic heterocycles. The van der Waals surface area contributed by atoms with Crippen molar-refractivity contribution in [1.82, 2.24) is 20.2 Å². The summed E-state index contributed by atoms with van der Waals surface area (Å²) in [4.78, 5) is 2.34. The van der Waals surface area contributed by atoms with Gasteiger partial charge >= 0.3 is 0 Å². The molecule has 0 N–H and O–H groups in total. The van der Waals surface area contributed by atoms with Crippen molar-refractivity contribution < 1.29 is 0 Å². The van der Waals surface area contributed by atoms with Crippen LogP contribution in [-0.4, -0.2) is 33.3 Å². The predicted molar refractivity (Wildman–Crippen MR) is 72.5 cm³/mol. The fraction of sp³-hybridized carbons (Fsp3) is 0.923. The van der Waals surface area contributed by atoms with Gasteiger partial charge in [0.25, 0.3) is 0 Å². The van der Waals surface area contributed by atoms with Gasteiger partial charge in [-0.3, -0.25) is 0 Å². The van der Waals surface area contributed by atoms with Crippen LogP contribution < -0.4 is 4.90 Å². The molecule has 18 heavy (non-hydrogen) atoms. The molecule has 1 fully saturated rings. The number of unbranched alkanes of at least 4 members (excludes halogenated alkanes) is 1. The summed E-state index contributed by atoms with van der Waals surface area (Å²) in [6.07, 6.45) is 4.84. The molecular weight excluding hydrogens is 226 g/mol. The fourth-order valence-corrected chi connectivity index (χ4v) is 2.65. The standard InChI is InChI=1S/C13H25N5/c1-4-5-8-18-13(14-15-16-18)17-9-6-12(7-10-17)11(2)3/h11-12H,4-10H2,1-3H3. The Morgan fingerprint density at radius 1 is 1.28 bits per heavy atom. The van der Waals surface area contributed by atoms with E-state index in [1.807, 2.05) is 4.68 Å². The third kappa shape index (κ3) is 3.00. The van der Waals surface area contributed by atoms with Gasteiger partial charge in [0.1, 0.15) is 0 Å². The molecule has 1 aliphatic heterocycles. The van der Waals surface area contributed by atoms with Crippen LogP contribution in [0.1, 0.15) is 46.5 Å². The number of nitrogens with zero attached hydrogens (tertiary/aromatic N) is 5. The molecule has 0 aromatic carbocycles. The second-order valence-electron chi connectivity index (χ2n) is 5.62. The number of aryl methyl sites for hydroxylation is 1. The maximum Gasteiger partial charge on any atom is 0.245 e. The molecule has 0 unspecified atom stereocenters. The van der Waals surface area contributed by atoms with Gasteiger partial charge in [0, 0.05) is 19.6 Å². The first-order valence-electron chi connectivity index (χ1n) is 7.23. The van der Waals surface area contributed by atoms with Crippen molar-refractivity contribution in [3.05, 3.63) is 0 Å². The highest BCUT2D eigenvalue weighted by atomic mass is 15.6. The van der Waals surface area contributed by atoms with Gasteiger partial charge in [0.05, 0.1) is 0 Å². The summed E-state index contributed by atoms with van der Waals surface area (Å²) in [6, 6.07) is 0. The van der Waals surface area contributed by atoms with Crippen molar-refractivity contribution in [1.29, 1.82) is 0 Å². The Kier molecular flexibility index (Phi) is 4.55. The predicted octanol–water partition coefficient (Wildman–Crippen LogP) is 2.35. The molecule has 1 aromatic rings. The van der Waals surface area contributed by atoms with E-state index < -0.39 is 0 Å². The van der Waals surface area contributed by atoms with Gasteiger partial charge < -0.3 is 4.90 Å². The van der Waals surface area contributed by atoms with Crippen LogP contribution in [0.25, 0.3) is 0 Å². The minimum atomic E-state index is 0.795. The number of anilines is 1. The smallest absolute Gasteiger partial charge is 0.245 e. The van der Waals surface area contributed by atoms with Gasteiger partial charge in [0.2, 0.25) is 5.95 Å². The topological polar surface area (TPSA) is 46.8 Å². The molecule has 0 atom stereocenters. The van der Waals surface area contributed by atoms with Crippen LogP contribution in [0.4, 0.5) is 5.95 Å². The number of hydrogen-bond acceptors (Lipinski definition) is 4. The Hall–Kier alpha value is -1.13. The zero-order valence-corrected chi connectivity index (χ0v) is 11.8. The molecule has 1 aliphatic rings. The lowest BCUT2D eigenvalue weighted by Crippen LogP contribution is -2.37. The van der Waals surface area contributed by atoms with E-state index in [0.29, 0.717) is 0 Å². The molecule has 5 heteroatoms. The monoisotopic (exact) mass is 251 g/mol. The number of hydrogen-bond donors (Lipinski definition) is 0. The average molecular weight is 251 g/mol. The molecule has 2 rings (SSSR count). The van der Waals surface area contributed by atoms with Crippen molar-refractivity contribution in [2.24, 2.45) is 11.8 Å². The highest BCUT2D eigenvalue weighted by Crippen LogP contribution is 2.26. The summed E-state index contributed by atoms with van der Waals surface area (Å²) in [7, 11) is 0. The normalized spacial score (nSPS) is 17.7. The summed E-state index contributed by atoms with van der Waals surface area (Å²) in [5.41, 5.74) is 0. The molecule has 102 valence electrons. The van der Waals surface area contributed by atoms with Crippen LogP contribution in [0.3, 0.4) is 0 Å². The Morgan fingerprint density at radius 2 is 2.00 bits per heavy atom. The van der Waals surface area contributed by atoms with Gasteiger partial charge in [-0.2, -0.15) is 0 Å². The van der Waals surface area contributed by atoms with Crippen molar-refractivity contribution in [2.75, 3.05) is 18.0 Å². The van der Waals surface area contributed by atoms with E-state index in [0.717, 1.165) is 43.8 Å². The number of tetrazole rings is 1. The highest BCUT2D eigenvalue weighted by Gasteiger charge is 2.24. The minimum absolute atomic E-state index is 0.795. The third-order valence-corrected chi connectivity index (χ3v) is 4.00. The first-order chi connectivity index (χ1) is 8.72. The van der Waals surface area contributed by atoms with Gasteiger partial charge in [-0.25, -0.2) is 4.68 Å². The van der Waals surface area contributed by atoms with Crippen LogP contribution in [-0.2, 0) is 6.54 Å². The number of aromatic nitrogens is 4. The lowest BCUT2D eigenvalue weighted by Gasteiger charge is -2.33. The van der Waals surface area contributed by atoms with Crippen LogP contribution in [0.2, 0.25) is 0 Å². The van der Waals surface area contributed by atoms with E-state index >= 15 is 0 Å². The van der Waals surface area contributed by atoms with Crippen molar-refractivity contribution in [3.8, 4) is 0 Å². The Morgan fingerprint density at radius 3 is 2.61 bits per heavy atom. The second-order valence-corrected chi connectivity index (χ2v) is 5.62. The molecule has 0 saturated carbocycles. The maximum atomic E-state index is 4.19. The Balaban J connectivity index is 1.94. The highest BCUT2D eigenvalue weighted by molar-refractivity contribution is 5.28. The maximum absolute atomic E-state index is 4.19. The molecule has 1 saturated heterocycles. The second kappa shape index (κ2) is 6.16. The summed E-state index contributed by atoms with van der Waals surface area (Å²) >= 11 is 0. The van der Waals surface area contributed by atoms with E-state index in [4.69, 9.17) is 0 Å². The summed E-state index contributed by atoms with van der Waals surface area (Å²) in [5.74, 6) is 2.62. The zero-order valence-electron chi connectivity index (χ0n) is 11.8. The number of rotatable bonds is 5. The van der Waals surface area contributed by atoms with E-state index in [1.165, 1.54) is 19.3 Å². The number of piperidine rings is 1. The lowest BCUT2D eigenvalue weighted by molar-refractivity contribution is 0.308. The Labute approximate surface area is 110 Å². The van der Waals surface area contributed by atoms with Gasteiger partial charge in [-0.1, -0.05) is 32.3 Å². The quantitative estimate of drug-likeness (QED) is 0.806. The summed E-state index contributed by atoms with van der Waals surface area (Å²) in [6.45, 7) is 9.96. The van der Waals surface area contributed by atoms with Crippen LogP contribution in [0.15, 0.2) is 0 Å². The van der Waals surface area contributed by atoms with Crippen LogP contribution >= 0.6 is 0 Å². The SMILES string of the molecule is CCCCn1nnnc1N1CCC(C(C)C)CC1. The molecular formula is C13H25N5. The van der Waals surface area contributed by atoms with Gasteiger partial charge in [-0.15, -0.1) is 0 Å². The molecule has 2 heterocycles. The summed E-state index contributed by atoms with van der Waals surface area (Å²) in [5, 5.41) is 12.1. The van der Waals surface area contributed by atoms with Crippen LogP contribution in [0, 0.1) is 11.8 Å². The average Bonchev–Trinajstić information content (AvgIpc) is 2.84. The molecule has 0 amide bonds. The fourth-order valence-electron chi connectivity index (χ4n) is 2.65. The largest absolute Gasteiger partial charge is 0.340 e. The zero-order chi connectivity index (χ0) is 13.0. The molecule has 0 bridgehead atoms. The first kappa shape index (κ1) is 13.3. The van der Waals surface area contributed by atoms with Gasteiger partial charge in [0.15, 0.2) is 0 Å². The van der Waals surface area contributed by atoms with Crippen molar-refractivity contribution in [3.63, 3.8) is 0 Å². The third-order valence-electron chi connectivity index (χ3n) is 4.00. The van der Waals surface area contributed by atoms with Gasteiger partial charge in [-0.05, 0) is 41.5 Å². The van der Waals surface area contributed by atoms with Crippen molar-refractivity contribution >= 4 is 5.95 Å². The molecule has 0 radical (unpaired) electrons.